The van der Waals surface area contributed by atoms with Crippen molar-refractivity contribution < 1.29 is 9.53 Å². The van der Waals surface area contributed by atoms with Gasteiger partial charge in [0.1, 0.15) is 5.82 Å². The van der Waals surface area contributed by atoms with Gasteiger partial charge in [-0.15, -0.1) is 0 Å². The number of halogens is 1. The van der Waals surface area contributed by atoms with Crippen LogP contribution in [0, 0.1) is 0 Å². The average Bonchev–Trinajstić information content (AvgIpc) is 2.62. The Morgan fingerprint density at radius 1 is 1.20 bits per heavy atom. The summed E-state index contributed by atoms with van der Waals surface area (Å²) in [6.45, 7) is 2.44. The minimum Gasteiger partial charge on any atom is -0.378 e. The van der Waals surface area contributed by atoms with E-state index < -0.39 is 5.92 Å². The Morgan fingerprint density at radius 2 is 1.96 bits per heavy atom. The molecule has 0 radical (unpaired) electrons. The molecular formula is C17H17ClN4O3. The Bertz CT molecular complexity index is 876. The van der Waals surface area contributed by atoms with Crippen molar-refractivity contribution in [1.29, 1.82) is 0 Å². The van der Waals surface area contributed by atoms with Crippen LogP contribution in [0.3, 0.4) is 0 Å². The Balaban J connectivity index is 1.80. The molecule has 2 aliphatic heterocycles. The number of benzene rings is 1. The summed E-state index contributed by atoms with van der Waals surface area (Å²) in [5, 5.41) is 3.26. The topological polar surface area (TPSA) is 87.3 Å². The number of morpholine rings is 1. The average molecular weight is 361 g/mol. The third kappa shape index (κ3) is 3.01. The number of anilines is 2. The number of amides is 1. The fraction of sp³-hybridized carbons (Fsp3) is 0.353. The lowest BCUT2D eigenvalue weighted by molar-refractivity contribution is -0.116. The van der Waals surface area contributed by atoms with E-state index in [0.29, 0.717) is 48.7 Å². The van der Waals surface area contributed by atoms with Crippen LogP contribution in [0.1, 0.15) is 23.5 Å². The number of nitrogens with zero attached hydrogens (tertiary/aromatic N) is 2. The van der Waals surface area contributed by atoms with Crippen LogP contribution in [0.2, 0.25) is 5.02 Å². The van der Waals surface area contributed by atoms with Gasteiger partial charge in [0.2, 0.25) is 11.9 Å². The van der Waals surface area contributed by atoms with E-state index in [1.165, 1.54) is 0 Å². The molecule has 2 N–H and O–H groups in total. The molecule has 2 aromatic rings. The van der Waals surface area contributed by atoms with Gasteiger partial charge in [-0.05, 0) is 11.6 Å². The Labute approximate surface area is 149 Å². The highest BCUT2D eigenvalue weighted by Crippen LogP contribution is 2.37. The number of hydrogen-bond acceptors (Lipinski definition) is 5. The summed E-state index contributed by atoms with van der Waals surface area (Å²) >= 11 is 6.29. The van der Waals surface area contributed by atoms with Gasteiger partial charge in [0.15, 0.2) is 0 Å². The molecule has 8 heteroatoms. The first-order valence-corrected chi connectivity index (χ1v) is 8.52. The third-order valence-electron chi connectivity index (χ3n) is 4.53. The summed E-state index contributed by atoms with van der Waals surface area (Å²) in [5.41, 5.74) is 0.952. The second-order valence-electron chi connectivity index (χ2n) is 6.08. The number of carbonyl (C=O) groups is 1. The molecule has 2 aliphatic rings. The zero-order valence-electron chi connectivity index (χ0n) is 13.4. The largest absolute Gasteiger partial charge is 0.378 e. The van der Waals surface area contributed by atoms with Gasteiger partial charge in [-0.2, -0.15) is 4.98 Å². The van der Waals surface area contributed by atoms with Crippen molar-refractivity contribution in [3.8, 4) is 0 Å². The Hall–Kier alpha value is -2.38. The summed E-state index contributed by atoms with van der Waals surface area (Å²) in [7, 11) is 0. The van der Waals surface area contributed by atoms with Gasteiger partial charge in [0.05, 0.1) is 18.8 Å². The fourth-order valence-electron chi connectivity index (χ4n) is 3.31. The molecule has 0 aliphatic carbocycles. The van der Waals surface area contributed by atoms with Crippen LogP contribution in [0.25, 0.3) is 0 Å². The van der Waals surface area contributed by atoms with Gasteiger partial charge < -0.3 is 15.0 Å². The number of H-pyrrole nitrogens is 1. The monoisotopic (exact) mass is 360 g/mol. The minimum atomic E-state index is -0.410. The summed E-state index contributed by atoms with van der Waals surface area (Å²) in [6.07, 6.45) is 0.165. The van der Waals surface area contributed by atoms with Crippen molar-refractivity contribution in [2.45, 2.75) is 12.3 Å². The molecule has 25 heavy (non-hydrogen) atoms. The number of aromatic nitrogens is 2. The minimum absolute atomic E-state index is 0.165. The Morgan fingerprint density at radius 3 is 2.72 bits per heavy atom. The Kier molecular flexibility index (Phi) is 4.19. The molecule has 130 valence electrons. The number of aromatic amines is 1. The van der Waals surface area contributed by atoms with Crippen molar-refractivity contribution in [1.82, 2.24) is 9.97 Å². The van der Waals surface area contributed by atoms with Crippen molar-refractivity contribution >= 4 is 29.3 Å². The van der Waals surface area contributed by atoms with Crippen molar-refractivity contribution in [2.24, 2.45) is 0 Å². The standard InChI is InChI=1S/C17H17ClN4O3/c18-12-4-2-1-3-10(12)11-9-13(23)19-15-14(11)16(24)21-17(20-15)22-5-7-25-8-6-22/h1-4,11H,5-9H2,(H2,19,20,21,23,24). The zero-order chi connectivity index (χ0) is 17.4. The number of rotatable bonds is 2. The SMILES string of the molecule is O=C1CC(c2ccccc2Cl)c2c(nc(N3CCOCC3)[nH]c2=O)N1. The summed E-state index contributed by atoms with van der Waals surface area (Å²) in [5.74, 6) is 0.175. The van der Waals surface area contributed by atoms with Gasteiger partial charge in [0.25, 0.3) is 5.56 Å². The molecule has 7 nitrogen and oxygen atoms in total. The van der Waals surface area contributed by atoms with E-state index in [-0.39, 0.29) is 17.9 Å². The molecule has 4 rings (SSSR count). The summed E-state index contributed by atoms with van der Waals surface area (Å²) in [4.78, 5) is 34.2. The van der Waals surface area contributed by atoms with Crippen LogP contribution in [0.4, 0.5) is 11.8 Å². The van der Waals surface area contributed by atoms with Crippen LogP contribution in [0.15, 0.2) is 29.1 Å². The van der Waals surface area contributed by atoms with Crippen molar-refractivity contribution in [3.05, 3.63) is 50.8 Å². The van der Waals surface area contributed by atoms with Gasteiger partial charge in [-0.25, -0.2) is 0 Å². The second kappa shape index (κ2) is 6.50. The first kappa shape index (κ1) is 16.1. The van der Waals surface area contributed by atoms with Gasteiger partial charge in [-0.1, -0.05) is 29.8 Å². The summed E-state index contributed by atoms with van der Waals surface area (Å²) in [6, 6.07) is 7.26. The smallest absolute Gasteiger partial charge is 0.258 e. The van der Waals surface area contributed by atoms with Gasteiger partial charge in [-0.3, -0.25) is 14.6 Å². The molecule has 0 spiro atoms. The van der Waals surface area contributed by atoms with Crippen LogP contribution in [-0.2, 0) is 9.53 Å². The molecule has 1 fully saturated rings. The second-order valence-corrected chi connectivity index (χ2v) is 6.48. The highest BCUT2D eigenvalue weighted by molar-refractivity contribution is 6.31. The number of ether oxygens (including phenoxy) is 1. The van der Waals surface area contributed by atoms with E-state index in [2.05, 4.69) is 15.3 Å². The maximum absolute atomic E-state index is 12.8. The normalized spacial score (nSPS) is 20.1. The number of nitrogens with one attached hydrogen (secondary N) is 2. The van der Waals surface area contributed by atoms with Gasteiger partial charge >= 0.3 is 0 Å². The first-order chi connectivity index (χ1) is 12.1. The molecule has 1 unspecified atom stereocenters. The van der Waals surface area contributed by atoms with Crippen molar-refractivity contribution in [3.63, 3.8) is 0 Å². The predicted octanol–water partition coefficient (Wildman–Crippen LogP) is 1.73. The van der Waals surface area contributed by atoms with E-state index in [1.54, 1.807) is 6.07 Å². The third-order valence-corrected chi connectivity index (χ3v) is 4.87. The highest BCUT2D eigenvalue weighted by Gasteiger charge is 2.32. The molecule has 1 aromatic carbocycles. The van der Waals surface area contributed by atoms with E-state index in [0.717, 1.165) is 5.56 Å². The van der Waals surface area contributed by atoms with E-state index in [1.807, 2.05) is 23.1 Å². The molecule has 1 saturated heterocycles. The van der Waals surface area contributed by atoms with E-state index in [4.69, 9.17) is 16.3 Å². The lowest BCUT2D eigenvalue weighted by Crippen LogP contribution is -2.40. The molecule has 1 atom stereocenters. The van der Waals surface area contributed by atoms with Gasteiger partial charge in [0, 0.05) is 30.5 Å². The predicted molar refractivity (Wildman–Crippen MR) is 94.4 cm³/mol. The lowest BCUT2D eigenvalue weighted by Gasteiger charge is -2.30. The number of carbonyl (C=O) groups excluding carboxylic acids is 1. The maximum Gasteiger partial charge on any atom is 0.258 e. The fourth-order valence-corrected chi connectivity index (χ4v) is 3.58. The molecule has 1 amide bonds. The van der Waals surface area contributed by atoms with Crippen molar-refractivity contribution in [2.75, 3.05) is 36.5 Å². The molecular weight excluding hydrogens is 344 g/mol. The highest BCUT2D eigenvalue weighted by atomic mass is 35.5. The van der Waals surface area contributed by atoms with Crippen LogP contribution in [-0.4, -0.2) is 42.2 Å². The molecule has 0 saturated carbocycles. The maximum atomic E-state index is 12.8. The first-order valence-electron chi connectivity index (χ1n) is 8.14. The molecule has 1 aromatic heterocycles. The number of fused-ring (bicyclic) bond motifs is 1. The molecule has 0 bridgehead atoms. The zero-order valence-corrected chi connectivity index (χ0v) is 14.2. The number of hydrogen-bond donors (Lipinski definition) is 2. The quantitative estimate of drug-likeness (QED) is 0.851. The summed E-state index contributed by atoms with van der Waals surface area (Å²) < 4.78 is 5.32. The van der Waals surface area contributed by atoms with Crippen LogP contribution < -0.4 is 15.8 Å². The van der Waals surface area contributed by atoms with Crippen LogP contribution in [0.5, 0.6) is 0 Å². The lowest BCUT2D eigenvalue weighted by atomic mass is 9.87. The van der Waals surface area contributed by atoms with Crippen LogP contribution >= 0.6 is 11.6 Å². The van der Waals surface area contributed by atoms with E-state index >= 15 is 0 Å². The molecule has 3 heterocycles. The van der Waals surface area contributed by atoms with E-state index in [9.17, 15) is 9.59 Å².